The molecule has 150 valence electrons. The molecule has 8 heteroatoms. The molecule has 8 nitrogen and oxygen atoms in total. The lowest BCUT2D eigenvalue weighted by Crippen LogP contribution is -2.35. The molecule has 0 spiro atoms. The van der Waals surface area contributed by atoms with Crippen LogP contribution in [0.1, 0.15) is 56.0 Å². The number of nitrogens with one attached hydrogen (secondary N) is 1. The number of hydrogen-bond acceptors (Lipinski definition) is 5. The Hall–Kier alpha value is -2.61. The Labute approximate surface area is 162 Å². The van der Waals surface area contributed by atoms with Gasteiger partial charge in [0.15, 0.2) is 5.56 Å². The van der Waals surface area contributed by atoms with Crippen molar-refractivity contribution in [2.75, 3.05) is 13.2 Å². The van der Waals surface area contributed by atoms with Crippen molar-refractivity contribution in [3.05, 3.63) is 33.8 Å². The fourth-order valence-electron chi connectivity index (χ4n) is 3.49. The van der Waals surface area contributed by atoms with Gasteiger partial charge in [-0.1, -0.05) is 26.8 Å². The summed E-state index contributed by atoms with van der Waals surface area (Å²) in [6, 6.07) is 0.0821. The monoisotopic (exact) mass is 386 g/mol. The molecule has 0 radical (unpaired) electrons. The molecule has 2 aromatic rings. The van der Waals surface area contributed by atoms with Gasteiger partial charge in [-0.2, -0.15) is 9.61 Å². The van der Waals surface area contributed by atoms with E-state index < -0.39 is 11.5 Å². The van der Waals surface area contributed by atoms with E-state index in [9.17, 15) is 14.7 Å². The molecular weight excluding hydrogens is 360 g/mol. The maximum absolute atomic E-state index is 13.0. The van der Waals surface area contributed by atoms with Crippen LogP contribution < -0.4 is 10.9 Å². The lowest BCUT2D eigenvalue weighted by atomic mass is 9.96. The molecule has 1 amide bonds. The average Bonchev–Trinajstić information content (AvgIpc) is 3.32. The van der Waals surface area contributed by atoms with Crippen molar-refractivity contribution in [3.8, 4) is 5.88 Å². The van der Waals surface area contributed by atoms with E-state index in [1.807, 2.05) is 26.8 Å². The molecule has 1 fully saturated rings. The van der Waals surface area contributed by atoms with Crippen LogP contribution in [-0.4, -0.2) is 44.5 Å². The molecule has 1 aliphatic carbocycles. The zero-order valence-corrected chi connectivity index (χ0v) is 16.5. The van der Waals surface area contributed by atoms with Crippen LogP contribution in [0.3, 0.4) is 0 Å². The molecular formula is C20H26N4O4. The third-order valence-electron chi connectivity index (χ3n) is 4.97. The summed E-state index contributed by atoms with van der Waals surface area (Å²) < 4.78 is 8.26. The Bertz CT molecular complexity index is 1020. The zero-order chi connectivity index (χ0) is 20.1. The van der Waals surface area contributed by atoms with E-state index >= 15 is 0 Å². The minimum absolute atomic E-state index is 0.0821. The molecule has 2 aliphatic rings. The van der Waals surface area contributed by atoms with Crippen molar-refractivity contribution in [3.63, 3.8) is 0 Å². The van der Waals surface area contributed by atoms with Crippen molar-refractivity contribution in [2.45, 2.75) is 52.6 Å². The van der Waals surface area contributed by atoms with Gasteiger partial charge in [-0.25, -0.2) is 0 Å². The third-order valence-corrected chi connectivity index (χ3v) is 4.97. The van der Waals surface area contributed by atoms with Crippen LogP contribution in [0, 0.1) is 5.41 Å². The number of amides is 1. The van der Waals surface area contributed by atoms with E-state index in [1.165, 1.54) is 4.52 Å². The first-order valence-electron chi connectivity index (χ1n) is 9.68. The van der Waals surface area contributed by atoms with Gasteiger partial charge in [-0.15, -0.1) is 0 Å². The quantitative estimate of drug-likeness (QED) is 0.837. The van der Waals surface area contributed by atoms with E-state index in [4.69, 9.17) is 4.74 Å². The van der Waals surface area contributed by atoms with Crippen LogP contribution in [-0.2, 0) is 11.3 Å². The normalized spacial score (nSPS) is 17.6. The molecule has 3 heterocycles. The van der Waals surface area contributed by atoms with E-state index in [0.29, 0.717) is 31.8 Å². The van der Waals surface area contributed by atoms with Crippen LogP contribution in [0.15, 0.2) is 17.1 Å². The highest BCUT2D eigenvalue weighted by Gasteiger charge is 2.31. The Morgan fingerprint density at radius 1 is 1.39 bits per heavy atom. The highest BCUT2D eigenvalue weighted by atomic mass is 16.5. The minimum atomic E-state index is -0.602. The highest BCUT2D eigenvalue weighted by Crippen LogP contribution is 2.31. The first-order valence-corrected chi connectivity index (χ1v) is 9.68. The van der Waals surface area contributed by atoms with Crippen molar-refractivity contribution in [2.24, 2.45) is 5.41 Å². The van der Waals surface area contributed by atoms with Crippen LogP contribution >= 0.6 is 0 Å². The minimum Gasteiger partial charge on any atom is -0.494 e. The Morgan fingerprint density at radius 2 is 2.14 bits per heavy atom. The smallest absolute Gasteiger partial charge is 0.291 e. The van der Waals surface area contributed by atoms with Crippen LogP contribution in [0.2, 0.25) is 0 Å². The van der Waals surface area contributed by atoms with E-state index in [-0.39, 0.29) is 22.9 Å². The third kappa shape index (κ3) is 3.44. The summed E-state index contributed by atoms with van der Waals surface area (Å²) in [5.41, 5.74) is 1.28. The summed E-state index contributed by atoms with van der Waals surface area (Å²) in [5, 5.41) is 18.1. The Balaban J connectivity index is 1.95. The summed E-state index contributed by atoms with van der Waals surface area (Å²) in [6.07, 6.45) is 6.10. The Kier molecular flexibility index (Phi) is 4.53. The van der Waals surface area contributed by atoms with Gasteiger partial charge >= 0.3 is 0 Å². The largest absolute Gasteiger partial charge is 0.494 e. The second-order valence-electron chi connectivity index (χ2n) is 8.75. The van der Waals surface area contributed by atoms with Crippen molar-refractivity contribution < 1.29 is 14.6 Å². The summed E-state index contributed by atoms with van der Waals surface area (Å²) in [7, 11) is 0. The second-order valence-corrected chi connectivity index (χ2v) is 8.75. The molecule has 0 bridgehead atoms. The van der Waals surface area contributed by atoms with Gasteiger partial charge in [0.1, 0.15) is 5.65 Å². The van der Waals surface area contributed by atoms with Gasteiger partial charge in [-0.05, 0) is 30.3 Å². The maximum atomic E-state index is 13.0. The molecule has 0 aromatic carbocycles. The predicted molar refractivity (Wildman–Crippen MR) is 104 cm³/mol. The Morgan fingerprint density at radius 3 is 2.75 bits per heavy atom. The van der Waals surface area contributed by atoms with Gasteiger partial charge in [-0.3, -0.25) is 14.2 Å². The highest BCUT2D eigenvalue weighted by molar-refractivity contribution is 5.97. The van der Waals surface area contributed by atoms with E-state index in [1.54, 1.807) is 10.8 Å². The average molecular weight is 386 g/mol. The van der Waals surface area contributed by atoms with Crippen molar-refractivity contribution in [1.82, 2.24) is 19.5 Å². The molecule has 0 saturated heterocycles. The molecule has 4 rings (SSSR count). The SMILES string of the molecule is CC(C)(C)Cn1c(O)c(C(=O)NC2CC2)c(=O)n2ncc(C3=CCOCC3)c12. The fourth-order valence-corrected chi connectivity index (χ4v) is 3.49. The summed E-state index contributed by atoms with van der Waals surface area (Å²) in [5.74, 6) is -0.850. The number of nitrogens with zero attached hydrogens (tertiary/aromatic N) is 3. The summed E-state index contributed by atoms with van der Waals surface area (Å²) in [6.45, 7) is 7.64. The van der Waals surface area contributed by atoms with Gasteiger partial charge < -0.3 is 15.2 Å². The first-order chi connectivity index (χ1) is 13.3. The van der Waals surface area contributed by atoms with Gasteiger partial charge in [0.05, 0.1) is 19.4 Å². The lowest BCUT2D eigenvalue weighted by molar-refractivity contribution is 0.0944. The number of carbonyl (C=O) groups is 1. The standard InChI is InChI=1S/C20H26N4O4/c1-20(2,3)11-23-17-14(12-6-8-28-9-7-12)10-21-24(17)19(27)15(18(23)26)16(25)22-13-4-5-13/h6,10,13,26H,4-5,7-9,11H2,1-3H3,(H,22,25). The van der Waals surface area contributed by atoms with Gasteiger partial charge in [0, 0.05) is 18.2 Å². The number of carbonyl (C=O) groups excluding carboxylic acids is 1. The van der Waals surface area contributed by atoms with E-state index in [2.05, 4.69) is 10.4 Å². The maximum Gasteiger partial charge on any atom is 0.291 e. The van der Waals surface area contributed by atoms with E-state index in [0.717, 1.165) is 24.0 Å². The molecule has 2 N–H and O–H groups in total. The number of ether oxygens (including phenoxy) is 1. The summed E-state index contributed by atoms with van der Waals surface area (Å²) >= 11 is 0. The molecule has 2 aromatic heterocycles. The summed E-state index contributed by atoms with van der Waals surface area (Å²) in [4.78, 5) is 25.7. The number of fused-ring (bicyclic) bond motifs is 1. The lowest BCUT2D eigenvalue weighted by Gasteiger charge is -2.24. The number of aromatic nitrogens is 3. The van der Waals surface area contributed by atoms with Gasteiger partial charge in [0.2, 0.25) is 5.88 Å². The second kappa shape index (κ2) is 6.77. The molecule has 28 heavy (non-hydrogen) atoms. The number of hydrogen-bond donors (Lipinski definition) is 2. The van der Waals surface area contributed by atoms with Gasteiger partial charge in [0.25, 0.3) is 11.5 Å². The molecule has 1 aliphatic heterocycles. The van der Waals surface area contributed by atoms with Crippen molar-refractivity contribution >= 4 is 17.1 Å². The topological polar surface area (TPSA) is 97.9 Å². The van der Waals surface area contributed by atoms with Crippen LogP contribution in [0.4, 0.5) is 0 Å². The molecule has 0 atom stereocenters. The molecule has 0 unspecified atom stereocenters. The fraction of sp³-hybridized carbons (Fsp3) is 0.550. The van der Waals surface area contributed by atoms with Crippen LogP contribution in [0.5, 0.6) is 5.88 Å². The molecule has 1 saturated carbocycles. The zero-order valence-electron chi connectivity index (χ0n) is 16.5. The first kappa shape index (κ1) is 18.7. The predicted octanol–water partition coefficient (Wildman–Crippen LogP) is 1.94. The number of rotatable bonds is 4. The van der Waals surface area contributed by atoms with Crippen molar-refractivity contribution in [1.29, 1.82) is 0 Å². The van der Waals surface area contributed by atoms with Crippen LogP contribution in [0.25, 0.3) is 11.2 Å². The number of aromatic hydroxyl groups is 1.